The SMILES string of the molecule is O=c1ccc(-c2nc(-c3ccc(SC(F)(F)F)cc3)no2)c[nH]1. The topological polar surface area (TPSA) is 71.8 Å². The lowest BCUT2D eigenvalue weighted by Gasteiger charge is -2.05. The number of aromatic amines is 1. The fraction of sp³-hybridized carbons (Fsp3) is 0.0714. The lowest BCUT2D eigenvalue weighted by molar-refractivity contribution is -0.0328. The van der Waals surface area contributed by atoms with Gasteiger partial charge in [-0.25, -0.2) is 0 Å². The highest BCUT2D eigenvalue weighted by Gasteiger charge is 2.29. The second-order valence-electron chi connectivity index (χ2n) is 4.44. The van der Waals surface area contributed by atoms with E-state index in [4.69, 9.17) is 4.52 Å². The number of hydrogen-bond donors (Lipinski definition) is 1. The van der Waals surface area contributed by atoms with Crippen LogP contribution in [-0.2, 0) is 0 Å². The molecule has 0 aliphatic carbocycles. The van der Waals surface area contributed by atoms with Gasteiger partial charge in [0.15, 0.2) is 0 Å². The molecule has 0 spiro atoms. The second kappa shape index (κ2) is 5.92. The molecule has 0 saturated carbocycles. The average molecular weight is 339 g/mol. The maximum atomic E-state index is 12.3. The molecule has 1 aromatic carbocycles. The number of thioether (sulfide) groups is 1. The first-order valence-electron chi connectivity index (χ1n) is 6.30. The number of H-pyrrole nitrogens is 1. The van der Waals surface area contributed by atoms with Gasteiger partial charge in [0.25, 0.3) is 5.89 Å². The van der Waals surface area contributed by atoms with Crippen molar-refractivity contribution in [3.05, 3.63) is 52.9 Å². The number of nitrogens with zero attached hydrogens (tertiary/aromatic N) is 2. The predicted molar refractivity (Wildman–Crippen MR) is 77.7 cm³/mol. The van der Waals surface area contributed by atoms with Crippen LogP contribution in [0, 0.1) is 0 Å². The van der Waals surface area contributed by atoms with Crippen LogP contribution in [0.1, 0.15) is 0 Å². The number of alkyl halides is 3. The van der Waals surface area contributed by atoms with E-state index in [1.807, 2.05) is 0 Å². The van der Waals surface area contributed by atoms with E-state index in [9.17, 15) is 18.0 Å². The van der Waals surface area contributed by atoms with Crippen molar-refractivity contribution in [2.75, 3.05) is 0 Å². The molecule has 2 heterocycles. The number of nitrogens with one attached hydrogen (secondary N) is 1. The van der Waals surface area contributed by atoms with Gasteiger partial charge in [0.2, 0.25) is 11.4 Å². The molecule has 0 fully saturated rings. The molecule has 0 saturated heterocycles. The van der Waals surface area contributed by atoms with Crippen molar-refractivity contribution in [3.63, 3.8) is 0 Å². The minimum atomic E-state index is -4.33. The van der Waals surface area contributed by atoms with Gasteiger partial charge in [-0.3, -0.25) is 4.79 Å². The number of benzene rings is 1. The molecule has 2 aromatic heterocycles. The van der Waals surface area contributed by atoms with Crippen LogP contribution in [0.15, 0.2) is 56.8 Å². The van der Waals surface area contributed by atoms with Gasteiger partial charge in [0.1, 0.15) is 0 Å². The molecule has 5 nitrogen and oxygen atoms in total. The van der Waals surface area contributed by atoms with Gasteiger partial charge < -0.3 is 9.51 Å². The third-order valence-corrected chi connectivity index (χ3v) is 3.54. The normalized spacial score (nSPS) is 11.6. The van der Waals surface area contributed by atoms with Gasteiger partial charge in [-0.05, 0) is 42.1 Å². The molecule has 0 bridgehead atoms. The van der Waals surface area contributed by atoms with Crippen LogP contribution < -0.4 is 5.56 Å². The summed E-state index contributed by atoms with van der Waals surface area (Å²) in [4.78, 5) is 17.7. The quantitative estimate of drug-likeness (QED) is 0.737. The van der Waals surface area contributed by atoms with Crippen molar-refractivity contribution in [1.82, 2.24) is 15.1 Å². The molecule has 118 valence electrons. The van der Waals surface area contributed by atoms with Crippen molar-refractivity contribution in [3.8, 4) is 22.8 Å². The van der Waals surface area contributed by atoms with Crippen molar-refractivity contribution in [1.29, 1.82) is 0 Å². The molecule has 9 heteroatoms. The van der Waals surface area contributed by atoms with E-state index in [0.29, 0.717) is 11.1 Å². The number of hydrogen-bond acceptors (Lipinski definition) is 5. The Hall–Kier alpha value is -2.55. The standard InChI is InChI=1S/C14H8F3N3O2S/c15-14(16,17)23-10-4-1-8(2-5-10)12-19-13(22-20-12)9-3-6-11(21)18-7-9/h1-7H,(H,18,21). The molecule has 1 N–H and O–H groups in total. The first kappa shape index (κ1) is 15.3. The smallest absolute Gasteiger partial charge is 0.334 e. The van der Waals surface area contributed by atoms with Crippen molar-refractivity contribution < 1.29 is 17.7 Å². The summed E-state index contributed by atoms with van der Waals surface area (Å²) < 4.78 is 41.9. The summed E-state index contributed by atoms with van der Waals surface area (Å²) in [7, 11) is 0. The average Bonchev–Trinajstić information content (AvgIpc) is 2.97. The summed E-state index contributed by atoms with van der Waals surface area (Å²) in [6, 6.07) is 8.49. The van der Waals surface area contributed by atoms with Gasteiger partial charge in [-0.2, -0.15) is 18.2 Å². The lowest BCUT2D eigenvalue weighted by Crippen LogP contribution is -2.01. The molecule has 0 amide bonds. The monoisotopic (exact) mass is 339 g/mol. The predicted octanol–water partition coefficient (Wildman–Crippen LogP) is 3.70. The van der Waals surface area contributed by atoms with E-state index < -0.39 is 5.51 Å². The lowest BCUT2D eigenvalue weighted by atomic mass is 10.2. The van der Waals surface area contributed by atoms with E-state index in [-0.39, 0.29) is 33.9 Å². The van der Waals surface area contributed by atoms with E-state index in [0.717, 1.165) is 0 Å². The van der Waals surface area contributed by atoms with Crippen molar-refractivity contribution >= 4 is 11.8 Å². The molecular weight excluding hydrogens is 331 g/mol. The third-order valence-electron chi connectivity index (χ3n) is 2.80. The zero-order valence-electron chi connectivity index (χ0n) is 11.3. The zero-order valence-corrected chi connectivity index (χ0v) is 12.1. The Morgan fingerprint density at radius 3 is 2.35 bits per heavy atom. The summed E-state index contributed by atoms with van der Waals surface area (Å²) in [5, 5.41) is 3.78. The molecular formula is C14H8F3N3O2S. The summed E-state index contributed by atoms with van der Waals surface area (Å²) in [6.45, 7) is 0. The van der Waals surface area contributed by atoms with Crippen molar-refractivity contribution in [2.45, 2.75) is 10.4 Å². The number of rotatable bonds is 3. The molecule has 3 rings (SSSR count). The Labute approximate surface area is 131 Å². The molecule has 0 aliphatic heterocycles. The van der Waals surface area contributed by atoms with Crippen LogP contribution in [0.2, 0.25) is 0 Å². The minimum Gasteiger partial charge on any atom is -0.334 e. The highest BCUT2D eigenvalue weighted by Crippen LogP contribution is 2.37. The summed E-state index contributed by atoms with van der Waals surface area (Å²) in [6.07, 6.45) is 1.43. The fourth-order valence-corrected chi connectivity index (χ4v) is 2.35. The Morgan fingerprint density at radius 1 is 1.04 bits per heavy atom. The number of halogens is 3. The van der Waals surface area contributed by atoms with E-state index >= 15 is 0 Å². The van der Waals surface area contributed by atoms with Gasteiger partial charge in [-0.15, -0.1) is 0 Å². The van der Waals surface area contributed by atoms with Crippen LogP contribution in [0.3, 0.4) is 0 Å². The Kier molecular flexibility index (Phi) is 3.95. The zero-order chi connectivity index (χ0) is 16.4. The Bertz CT molecular complexity index is 851. The first-order chi connectivity index (χ1) is 10.9. The summed E-state index contributed by atoms with van der Waals surface area (Å²) in [5.41, 5.74) is -3.53. The maximum absolute atomic E-state index is 12.3. The van der Waals surface area contributed by atoms with E-state index in [1.54, 1.807) is 0 Å². The van der Waals surface area contributed by atoms with E-state index in [1.165, 1.54) is 42.6 Å². The fourth-order valence-electron chi connectivity index (χ4n) is 1.81. The van der Waals surface area contributed by atoms with Crippen LogP contribution in [0.5, 0.6) is 0 Å². The van der Waals surface area contributed by atoms with Crippen LogP contribution in [0.4, 0.5) is 13.2 Å². The van der Waals surface area contributed by atoms with Crippen LogP contribution in [-0.4, -0.2) is 20.6 Å². The van der Waals surface area contributed by atoms with Crippen LogP contribution in [0.25, 0.3) is 22.8 Å². The van der Waals surface area contributed by atoms with Crippen molar-refractivity contribution in [2.24, 2.45) is 0 Å². The summed E-state index contributed by atoms with van der Waals surface area (Å²) in [5.74, 6) is 0.444. The highest BCUT2D eigenvalue weighted by molar-refractivity contribution is 8.00. The molecule has 23 heavy (non-hydrogen) atoms. The largest absolute Gasteiger partial charge is 0.446 e. The maximum Gasteiger partial charge on any atom is 0.446 e. The van der Waals surface area contributed by atoms with Gasteiger partial charge in [0, 0.05) is 22.7 Å². The number of aromatic nitrogens is 3. The Balaban J connectivity index is 1.83. The molecule has 0 aliphatic rings. The molecule has 3 aromatic rings. The summed E-state index contributed by atoms with van der Waals surface area (Å²) >= 11 is -0.190. The van der Waals surface area contributed by atoms with Crippen LogP contribution >= 0.6 is 11.8 Å². The van der Waals surface area contributed by atoms with Gasteiger partial charge in [0.05, 0.1) is 5.56 Å². The Morgan fingerprint density at radius 2 is 1.74 bits per heavy atom. The van der Waals surface area contributed by atoms with Gasteiger partial charge >= 0.3 is 5.51 Å². The first-order valence-corrected chi connectivity index (χ1v) is 7.11. The van der Waals surface area contributed by atoms with E-state index in [2.05, 4.69) is 15.1 Å². The minimum absolute atomic E-state index is 0.0746. The molecule has 0 radical (unpaired) electrons. The number of pyridine rings is 1. The highest BCUT2D eigenvalue weighted by atomic mass is 32.2. The van der Waals surface area contributed by atoms with Gasteiger partial charge in [-0.1, -0.05) is 5.16 Å². The molecule has 0 unspecified atom stereocenters. The second-order valence-corrected chi connectivity index (χ2v) is 5.58. The molecule has 0 atom stereocenters. The third kappa shape index (κ3) is 3.81.